The molecule has 0 spiro atoms. The molecule has 14 heteroatoms. The van der Waals surface area contributed by atoms with Gasteiger partial charge in [-0.3, -0.25) is 5.32 Å². The van der Waals surface area contributed by atoms with Gasteiger partial charge in [-0.2, -0.15) is 13.4 Å². The lowest BCUT2D eigenvalue weighted by molar-refractivity contribution is 0.0527. The number of carbonyl (C=O) groups excluding carboxylic acids is 2. The van der Waals surface area contributed by atoms with Gasteiger partial charge in [-0.15, -0.1) is 11.6 Å². The normalized spacial score (nSPS) is 10.7. The third kappa shape index (κ3) is 7.03. The van der Waals surface area contributed by atoms with Gasteiger partial charge < -0.3 is 13.7 Å². The molecule has 0 saturated heterocycles. The third-order valence-corrected chi connectivity index (χ3v) is 4.34. The van der Waals surface area contributed by atoms with Crippen LogP contribution in [0.1, 0.15) is 10.4 Å². The molecule has 0 aliphatic heterocycles. The average Bonchev–Trinajstić information content (AvgIpc) is 2.65. The number of halogens is 2. The zero-order valence-corrected chi connectivity index (χ0v) is 17.9. The van der Waals surface area contributed by atoms with Crippen LogP contribution in [0.2, 0.25) is 0 Å². The number of esters is 1. The SMILES string of the molecule is COc1cc(Br)nc(NC(=O)NS(=O)(=O)Oc2ccccc2C(=O)OCCCl)n1. The van der Waals surface area contributed by atoms with Crippen LogP contribution in [0.3, 0.4) is 0 Å². The Bertz CT molecular complexity index is 1010. The van der Waals surface area contributed by atoms with Crippen LogP contribution in [0.4, 0.5) is 10.7 Å². The maximum Gasteiger partial charge on any atom is 0.411 e. The molecule has 1 heterocycles. The maximum absolute atomic E-state index is 12.1. The van der Waals surface area contributed by atoms with Gasteiger partial charge in [0.15, 0.2) is 5.75 Å². The van der Waals surface area contributed by atoms with Crippen LogP contribution in [0.25, 0.3) is 0 Å². The summed E-state index contributed by atoms with van der Waals surface area (Å²) in [5, 5.41) is 2.12. The molecule has 0 atom stereocenters. The van der Waals surface area contributed by atoms with E-state index >= 15 is 0 Å². The number of amides is 2. The minimum atomic E-state index is -4.65. The number of urea groups is 1. The van der Waals surface area contributed by atoms with E-state index < -0.39 is 22.3 Å². The van der Waals surface area contributed by atoms with Crippen molar-refractivity contribution in [2.24, 2.45) is 0 Å². The number of alkyl halides is 1. The van der Waals surface area contributed by atoms with Crippen molar-refractivity contribution < 1.29 is 31.7 Å². The smallest absolute Gasteiger partial charge is 0.411 e. The molecule has 2 amide bonds. The Balaban J connectivity index is 2.10. The van der Waals surface area contributed by atoms with Gasteiger partial charge in [0, 0.05) is 6.07 Å². The quantitative estimate of drug-likeness (QED) is 0.310. The fourth-order valence-corrected chi connectivity index (χ4v) is 3.00. The maximum atomic E-state index is 12.1. The molecule has 0 saturated carbocycles. The van der Waals surface area contributed by atoms with E-state index in [0.29, 0.717) is 4.60 Å². The van der Waals surface area contributed by atoms with Crippen molar-refractivity contribution in [2.45, 2.75) is 0 Å². The first-order valence-electron chi connectivity index (χ1n) is 7.68. The second-order valence-corrected chi connectivity index (χ2v) is 7.44. The number of anilines is 1. The molecule has 0 aliphatic rings. The van der Waals surface area contributed by atoms with Gasteiger partial charge in [0.1, 0.15) is 16.8 Å². The molecule has 0 unspecified atom stereocenters. The summed E-state index contributed by atoms with van der Waals surface area (Å²) in [5.74, 6) is -1.21. The Morgan fingerprint density at radius 1 is 1.24 bits per heavy atom. The monoisotopic (exact) mass is 508 g/mol. The summed E-state index contributed by atoms with van der Waals surface area (Å²) >= 11 is 8.54. The summed E-state index contributed by atoms with van der Waals surface area (Å²) < 4.78 is 40.7. The number of benzene rings is 1. The first-order valence-corrected chi connectivity index (χ1v) is 10.4. The molecule has 0 fully saturated rings. The second kappa shape index (κ2) is 10.2. The van der Waals surface area contributed by atoms with Crippen LogP contribution in [0.5, 0.6) is 11.6 Å². The molecule has 2 aromatic rings. The summed E-state index contributed by atoms with van der Waals surface area (Å²) in [7, 11) is -3.30. The number of ether oxygens (including phenoxy) is 2. The third-order valence-electron chi connectivity index (χ3n) is 2.94. The lowest BCUT2D eigenvalue weighted by Crippen LogP contribution is -2.37. The Labute approximate surface area is 179 Å². The number of hydrogen-bond donors (Lipinski definition) is 2. The number of nitrogens with zero attached hydrogens (tertiary/aromatic N) is 2. The Morgan fingerprint density at radius 2 is 1.97 bits per heavy atom. The van der Waals surface area contributed by atoms with E-state index in [2.05, 4.69) is 31.2 Å². The van der Waals surface area contributed by atoms with Crippen LogP contribution >= 0.6 is 27.5 Å². The molecule has 0 aliphatic carbocycles. The van der Waals surface area contributed by atoms with Gasteiger partial charge in [-0.05, 0) is 28.1 Å². The molecule has 29 heavy (non-hydrogen) atoms. The summed E-state index contributed by atoms with van der Waals surface area (Å²) in [4.78, 5) is 31.6. The fraction of sp³-hybridized carbons (Fsp3) is 0.200. The van der Waals surface area contributed by atoms with E-state index in [1.807, 2.05) is 0 Å². The fourth-order valence-electron chi connectivity index (χ4n) is 1.85. The van der Waals surface area contributed by atoms with Crippen LogP contribution in [-0.4, -0.2) is 50.0 Å². The molecular weight excluding hydrogens is 496 g/mol. The Hall–Kier alpha value is -2.64. The minimum Gasteiger partial charge on any atom is -0.481 e. The molecule has 0 bridgehead atoms. The van der Waals surface area contributed by atoms with Crippen molar-refractivity contribution in [3.05, 3.63) is 40.5 Å². The van der Waals surface area contributed by atoms with Crippen molar-refractivity contribution in [3.8, 4) is 11.6 Å². The standard InChI is InChI=1S/C15H14BrClN4O7S/c1-26-12-8-11(16)18-14(19-12)20-15(23)21-29(24,25)28-10-5-3-2-4-9(10)13(22)27-7-6-17/h2-5,8H,6-7H2,1H3,(H2,18,19,20,21,23). The van der Waals surface area contributed by atoms with Crippen molar-refractivity contribution in [2.75, 3.05) is 24.9 Å². The van der Waals surface area contributed by atoms with Crippen LogP contribution in [-0.2, 0) is 15.0 Å². The van der Waals surface area contributed by atoms with Gasteiger partial charge in [0.2, 0.25) is 11.8 Å². The van der Waals surface area contributed by atoms with Crippen molar-refractivity contribution >= 4 is 55.8 Å². The summed E-state index contributed by atoms with van der Waals surface area (Å²) in [6.07, 6.45) is 0. The number of hydrogen-bond acceptors (Lipinski definition) is 9. The topological polar surface area (TPSA) is 146 Å². The van der Waals surface area contributed by atoms with E-state index in [0.717, 1.165) is 0 Å². The van der Waals surface area contributed by atoms with Gasteiger partial charge in [0.25, 0.3) is 0 Å². The Kier molecular flexibility index (Phi) is 7.99. The lowest BCUT2D eigenvalue weighted by Gasteiger charge is -2.12. The number of rotatable bonds is 8. The molecule has 2 rings (SSSR count). The number of nitrogens with one attached hydrogen (secondary N) is 2. The number of methoxy groups -OCH3 is 1. The Morgan fingerprint density at radius 3 is 2.66 bits per heavy atom. The zero-order chi connectivity index (χ0) is 21.4. The predicted molar refractivity (Wildman–Crippen MR) is 105 cm³/mol. The van der Waals surface area contributed by atoms with Gasteiger partial charge in [-0.25, -0.2) is 19.3 Å². The van der Waals surface area contributed by atoms with Crippen LogP contribution < -0.4 is 19.0 Å². The lowest BCUT2D eigenvalue weighted by atomic mass is 10.2. The molecule has 156 valence electrons. The zero-order valence-electron chi connectivity index (χ0n) is 14.7. The van der Waals surface area contributed by atoms with Gasteiger partial charge in [0.05, 0.1) is 13.0 Å². The van der Waals surface area contributed by atoms with Gasteiger partial charge >= 0.3 is 22.3 Å². The minimum absolute atomic E-state index is 0.0667. The predicted octanol–water partition coefficient (Wildman–Crippen LogP) is 2.09. The summed E-state index contributed by atoms with van der Waals surface area (Å²) in [6, 6.07) is 5.66. The van der Waals surface area contributed by atoms with Crippen molar-refractivity contribution in [1.29, 1.82) is 0 Å². The molecule has 0 radical (unpaired) electrons. The van der Waals surface area contributed by atoms with E-state index in [4.69, 9.17) is 25.3 Å². The molecule has 11 nitrogen and oxygen atoms in total. The molecule has 2 N–H and O–H groups in total. The van der Waals surface area contributed by atoms with Crippen molar-refractivity contribution in [1.82, 2.24) is 14.7 Å². The highest BCUT2D eigenvalue weighted by molar-refractivity contribution is 9.10. The van der Waals surface area contributed by atoms with E-state index in [1.165, 1.54) is 37.4 Å². The number of carbonyl (C=O) groups is 2. The molecule has 1 aromatic heterocycles. The second-order valence-electron chi connectivity index (χ2n) is 4.97. The average molecular weight is 510 g/mol. The van der Waals surface area contributed by atoms with E-state index in [9.17, 15) is 18.0 Å². The highest BCUT2D eigenvalue weighted by Gasteiger charge is 2.22. The highest BCUT2D eigenvalue weighted by atomic mass is 79.9. The van der Waals surface area contributed by atoms with E-state index in [1.54, 1.807) is 4.72 Å². The molecule has 1 aromatic carbocycles. The highest BCUT2D eigenvalue weighted by Crippen LogP contribution is 2.21. The van der Waals surface area contributed by atoms with Crippen LogP contribution in [0.15, 0.2) is 34.9 Å². The first-order chi connectivity index (χ1) is 13.7. The van der Waals surface area contributed by atoms with Crippen LogP contribution in [0, 0.1) is 0 Å². The number of aromatic nitrogens is 2. The van der Waals surface area contributed by atoms with Crippen molar-refractivity contribution in [3.63, 3.8) is 0 Å². The largest absolute Gasteiger partial charge is 0.481 e. The first kappa shape index (κ1) is 22.6. The molecular formula is C15H14BrClN4O7S. The van der Waals surface area contributed by atoms with E-state index in [-0.39, 0.29) is 35.6 Å². The van der Waals surface area contributed by atoms with Gasteiger partial charge in [-0.1, -0.05) is 12.1 Å². The number of para-hydroxylation sites is 1. The summed E-state index contributed by atoms with van der Waals surface area (Å²) in [6.45, 7) is -0.0712. The summed E-state index contributed by atoms with van der Waals surface area (Å²) in [5.41, 5.74) is -0.163.